The van der Waals surface area contributed by atoms with Crippen molar-refractivity contribution in [2.75, 3.05) is 76.6 Å². The molecule has 766 valence electrons. The van der Waals surface area contributed by atoms with Crippen LogP contribution < -0.4 is 28.2 Å². The fourth-order valence-corrected chi connectivity index (χ4v) is 20.3. The molecule has 0 fully saturated rings. The van der Waals surface area contributed by atoms with Gasteiger partial charge in [0.2, 0.25) is 43.7 Å². The topological polar surface area (TPSA) is 340 Å². The monoisotopic (exact) mass is 2110 g/mol. The summed E-state index contributed by atoms with van der Waals surface area (Å²) in [6, 6.07) is 44.9. The van der Waals surface area contributed by atoms with Gasteiger partial charge in [0.1, 0.15) is 64.0 Å². The predicted octanol–water partition coefficient (Wildman–Crippen LogP) is 18.4. The van der Waals surface area contributed by atoms with Crippen molar-refractivity contribution in [1.82, 2.24) is 9.97 Å². The van der Waals surface area contributed by atoms with Crippen molar-refractivity contribution in [3.63, 3.8) is 0 Å². The molecule has 1 atom stereocenters. The summed E-state index contributed by atoms with van der Waals surface area (Å²) in [6.45, 7) is 1.11. The molecule has 0 radical (unpaired) electrons. The number of fused-ring (bicyclic) bond motifs is 6. The molecule has 0 N–H and O–H groups in total. The predicted molar refractivity (Wildman–Crippen MR) is 521 cm³/mol. The SMILES string of the molecule is COC(=O)c1ccc2c(c1)N(Cc1c(F)cccc1Cl)C(=O)CC2.COC(=O)c1ccc2c(c1)N(Cc1cc(F)cc(F)c1)C(=O)CC2.COC(=O)c1ccc2c(c1)N(Cc1cc(F)cc(F)c1)S(=O)(=O)C(C)C2.COC(=O)c1ccc2c(c1)N(Cc1cc(F)cc(F)c1)S(=O)(=O)CC2.COC(=O)c1ccc2c(n1)N(Cc1cc(F)cc(F)c1)C(=O)CC2.COC(=O)c1cnc2c(c1)N(Cc1c(F)cccc1Cl)C(=O)CC2. The summed E-state index contributed by atoms with van der Waals surface area (Å²) in [7, 11) is 0.111. The van der Waals surface area contributed by atoms with Gasteiger partial charge in [0.15, 0.2) is 5.69 Å². The van der Waals surface area contributed by atoms with Gasteiger partial charge in [-0.1, -0.05) is 65.7 Å². The fourth-order valence-electron chi connectivity index (χ4n) is 16.8. The quantitative estimate of drug-likeness (QED) is 0.0437. The first kappa shape index (κ1) is 109. The number of carbonyl (C=O) groups is 10. The van der Waals surface area contributed by atoms with Crippen molar-refractivity contribution in [3.8, 4) is 0 Å². The zero-order valence-corrected chi connectivity index (χ0v) is 82.5. The molecule has 10 aromatic carbocycles. The maximum absolute atomic E-state index is 14.1. The number of benzene rings is 10. The third-order valence-corrected chi connectivity index (χ3v) is 28.6. The summed E-state index contributed by atoms with van der Waals surface area (Å²) >= 11 is 12.1. The third-order valence-electron chi connectivity index (χ3n) is 24.1. The minimum atomic E-state index is -3.75. The Balaban J connectivity index is 0.000000147. The van der Waals surface area contributed by atoms with Gasteiger partial charge in [-0.05, 0) is 223 Å². The minimum Gasteiger partial charge on any atom is -0.465 e. The summed E-state index contributed by atoms with van der Waals surface area (Å²) in [4.78, 5) is 134. The lowest BCUT2D eigenvalue weighted by molar-refractivity contribution is -0.119. The molecule has 6 aliphatic heterocycles. The van der Waals surface area contributed by atoms with Crippen molar-refractivity contribution in [3.05, 3.63) is 375 Å². The summed E-state index contributed by atoms with van der Waals surface area (Å²) in [5.74, 6) is -10.8. The Kier molecular flexibility index (Phi) is 35.3. The van der Waals surface area contributed by atoms with Crippen molar-refractivity contribution in [2.45, 2.75) is 116 Å². The van der Waals surface area contributed by atoms with Crippen LogP contribution in [0.15, 0.2) is 206 Å². The number of nitrogens with zero attached hydrogens (tertiary/aromatic N) is 8. The van der Waals surface area contributed by atoms with Crippen LogP contribution in [0.25, 0.3) is 0 Å². The number of anilines is 6. The largest absolute Gasteiger partial charge is 0.465 e. The number of carbonyl (C=O) groups excluding carboxylic acids is 10. The van der Waals surface area contributed by atoms with Crippen LogP contribution in [0.5, 0.6) is 0 Å². The highest BCUT2D eigenvalue weighted by Crippen LogP contribution is 2.41. The highest BCUT2D eigenvalue weighted by Gasteiger charge is 2.39. The number of pyridine rings is 2. The Labute approximate surface area is 846 Å². The molecule has 147 heavy (non-hydrogen) atoms. The molecule has 28 nitrogen and oxygen atoms in total. The standard InChI is InChI=1S/C18H15ClFNO3.C18H17F2NO4S.C18H15F2NO3.C17H14ClFN2O3.C17H14F2N2O3.C17H15F2NO4S/c1-24-18(23)12-6-5-11-7-8-17(22)21(16(11)9-12)10-13-14(19)3-2-4-15(13)20;1-11-5-13-3-4-14(18(22)25-2)8-17(13)21(26(11,23)24)10-12-6-15(19)9-16(20)7-12;1-24-18(23)13-3-2-12-4-5-17(22)21(16(12)8-13)10-11-6-14(19)9-15(20)7-11;1-24-17(23)10-7-15-14(20-8-10)5-6-16(22)21(15)9-11-12(18)3-2-4-13(11)19;1-24-17(23)14-4-2-11-3-5-15(22)21(16(11)20-14)9-10-6-12(18)8-13(19)7-10;1-24-17(21)13-3-2-12-4-5-25(22,23)20(16(12)8-13)10-11-6-14(18)9-15(19)7-11/h2-6,9H,7-8,10H2,1H3;3-4,6-9,11H,5,10H2,1-2H3;2-3,6-9H,4-5,10H2,1H3;2-4,7-8H,5-6,9H2,1H3;2,4,6-8H,3,5,9H2,1H3;2-3,6-9H,4-5,10H2,1H3. The van der Waals surface area contributed by atoms with Crippen molar-refractivity contribution in [1.29, 1.82) is 0 Å². The summed E-state index contributed by atoms with van der Waals surface area (Å²) in [6.07, 6.45) is 5.27. The van der Waals surface area contributed by atoms with Gasteiger partial charge in [-0.15, -0.1) is 0 Å². The van der Waals surface area contributed by atoms with Crippen LogP contribution >= 0.6 is 23.2 Å². The second-order valence-electron chi connectivity index (χ2n) is 33.8. The van der Waals surface area contributed by atoms with E-state index in [1.807, 2.05) is 0 Å². The number of amides is 4. The summed E-state index contributed by atoms with van der Waals surface area (Å²) < 4.78 is 216. The number of sulfonamides is 2. The van der Waals surface area contributed by atoms with E-state index in [2.05, 4.69) is 28.9 Å². The van der Waals surface area contributed by atoms with Crippen LogP contribution in [0.2, 0.25) is 10.0 Å². The number of aromatic nitrogens is 2. The molecule has 12 aromatic rings. The zero-order chi connectivity index (χ0) is 106. The number of rotatable bonds is 18. The Morgan fingerprint density at radius 1 is 0.340 bits per heavy atom. The van der Waals surface area contributed by atoms with E-state index in [4.69, 9.17) is 32.7 Å². The number of ether oxygens (including phenoxy) is 6. The van der Waals surface area contributed by atoms with Crippen molar-refractivity contribution >= 4 is 137 Å². The fraction of sp³-hybridized carbons (Fsp3) is 0.238. The lowest BCUT2D eigenvalue weighted by Gasteiger charge is -2.34. The maximum Gasteiger partial charge on any atom is 0.356 e. The van der Waals surface area contributed by atoms with Crippen molar-refractivity contribution in [2.24, 2.45) is 0 Å². The van der Waals surface area contributed by atoms with Crippen LogP contribution in [0, 0.1) is 58.2 Å². The first-order chi connectivity index (χ1) is 70.0. The summed E-state index contributed by atoms with van der Waals surface area (Å²) in [5.41, 5.74) is 9.89. The molecular formula is C105H90Cl2F10N8O20S2. The van der Waals surface area contributed by atoms with E-state index in [0.29, 0.717) is 107 Å². The molecule has 4 amide bonds. The molecule has 0 saturated heterocycles. The van der Waals surface area contributed by atoms with E-state index in [1.165, 1.54) is 123 Å². The highest BCUT2D eigenvalue weighted by molar-refractivity contribution is 7.93. The van der Waals surface area contributed by atoms with Crippen LogP contribution in [-0.2, 0) is 145 Å². The Morgan fingerprint density at radius 3 is 1.08 bits per heavy atom. The lowest BCUT2D eigenvalue weighted by atomic mass is 9.98. The van der Waals surface area contributed by atoms with Gasteiger partial charge >= 0.3 is 35.8 Å². The molecule has 0 spiro atoms. The molecule has 1 unspecified atom stereocenters. The average Bonchev–Trinajstić information content (AvgIpc) is 0.779. The summed E-state index contributed by atoms with van der Waals surface area (Å²) in [5, 5.41) is -0.191. The number of halogens is 12. The Morgan fingerprint density at radius 2 is 0.667 bits per heavy atom. The Bertz CT molecular complexity index is 7050. The highest BCUT2D eigenvalue weighted by atomic mass is 35.5. The molecule has 0 aliphatic carbocycles. The number of aryl methyl sites for hydroxylation is 5. The van der Waals surface area contributed by atoms with Crippen LogP contribution in [-0.4, -0.2) is 140 Å². The number of hydrogen-bond acceptors (Lipinski definition) is 22. The van der Waals surface area contributed by atoms with Gasteiger partial charge in [-0.25, -0.2) is 94.5 Å². The van der Waals surface area contributed by atoms with E-state index in [1.54, 1.807) is 91.9 Å². The maximum atomic E-state index is 14.1. The minimum absolute atomic E-state index is 0.0158. The zero-order valence-electron chi connectivity index (χ0n) is 79.3. The van der Waals surface area contributed by atoms with Gasteiger partial charge < -0.3 is 43.1 Å². The van der Waals surface area contributed by atoms with Gasteiger partial charge in [-0.2, -0.15) is 0 Å². The average molecular weight is 2110 g/mol. The van der Waals surface area contributed by atoms with Gasteiger partial charge in [0, 0.05) is 95.1 Å². The molecular weight excluding hydrogens is 2020 g/mol. The van der Waals surface area contributed by atoms with Crippen LogP contribution in [0.1, 0.15) is 162 Å². The van der Waals surface area contributed by atoms with Gasteiger partial charge in [0.05, 0.1) is 144 Å². The smallest absolute Gasteiger partial charge is 0.356 e. The normalized spacial score (nSPS) is 14.8. The van der Waals surface area contributed by atoms with E-state index in [-0.39, 0.29) is 143 Å². The second kappa shape index (κ2) is 47.6. The first-order valence-corrected chi connectivity index (χ1v) is 48.8. The van der Waals surface area contributed by atoms with Crippen molar-refractivity contribution < 1.29 is 137 Å². The van der Waals surface area contributed by atoms with E-state index in [9.17, 15) is 109 Å². The molecule has 2 aromatic heterocycles. The van der Waals surface area contributed by atoms with E-state index >= 15 is 0 Å². The van der Waals surface area contributed by atoms with Crippen LogP contribution in [0.3, 0.4) is 0 Å². The number of hydrogen-bond donors (Lipinski definition) is 0. The molecule has 0 bridgehead atoms. The van der Waals surface area contributed by atoms with Crippen LogP contribution in [0.4, 0.5) is 78.2 Å². The molecule has 18 rings (SSSR count). The Hall–Kier alpha value is -15.4. The van der Waals surface area contributed by atoms with E-state index in [0.717, 1.165) is 97.1 Å². The molecule has 0 saturated carbocycles. The number of esters is 6. The molecule has 8 heterocycles. The van der Waals surface area contributed by atoms with Gasteiger partial charge in [0.25, 0.3) is 0 Å². The third kappa shape index (κ3) is 26.3. The van der Waals surface area contributed by atoms with E-state index < -0.39 is 119 Å². The molecule has 42 heteroatoms. The van der Waals surface area contributed by atoms with Gasteiger partial charge in [-0.3, -0.25) is 37.7 Å². The second-order valence-corrected chi connectivity index (χ2v) is 38.9. The number of methoxy groups -OCH3 is 6. The first-order valence-electron chi connectivity index (χ1n) is 44.9. The lowest BCUT2D eigenvalue weighted by Crippen LogP contribution is -2.42. The molecule has 6 aliphatic rings.